The third-order valence-corrected chi connectivity index (χ3v) is 6.74. The fourth-order valence-electron chi connectivity index (χ4n) is 4.90. The van der Waals surface area contributed by atoms with E-state index in [-0.39, 0.29) is 11.8 Å². The van der Waals surface area contributed by atoms with Crippen LogP contribution in [0.25, 0.3) is 0 Å². The number of hydrogen-bond acceptors (Lipinski definition) is 5. The number of amides is 1. The maximum absolute atomic E-state index is 13.0. The monoisotopic (exact) mass is 467 g/mol. The summed E-state index contributed by atoms with van der Waals surface area (Å²) < 4.78 is 11.0. The SMILES string of the molecule is COCCN(CC1CN(Cc2ccc(N(C)C)cc2)CC1c1ccccc1OC)C(=O)C(C)C. The summed E-state index contributed by atoms with van der Waals surface area (Å²) in [5.74, 6) is 1.69. The number of nitrogens with zero attached hydrogens (tertiary/aromatic N) is 3. The molecule has 0 N–H and O–H groups in total. The number of methoxy groups -OCH3 is 2. The fourth-order valence-corrected chi connectivity index (χ4v) is 4.90. The second kappa shape index (κ2) is 12.2. The highest BCUT2D eigenvalue weighted by Crippen LogP contribution is 2.38. The lowest BCUT2D eigenvalue weighted by Gasteiger charge is -2.30. The van der Waals surface area contributed by atoms with Gasteiger partial charge in [-0.15, -0.1) is 0 Å². The van der Waals surface area contributed by atoms with E-state index in [1.54, 1.807) is 14.2 Å². The molecule has 2 aromatic carbocycles. The highest BCUT2D eigenvalue weighted by atomic mass is 16.5. The molecule has 0 spiro atoms. The molecule has 2 atom stereocenters. The number of benzene rings is 2. The third kappa shape index (κ3) is 6.51. The Morgan fingerprint density at radius 2 is 1.76 bits per heavy atom. The van der Waals surface area contributed by atoms with Crippen molar-refractivity contribution in [3.8, 4) is 5.75 Å². The third-order valence-electron chi connectivity index (χ3n) is 6.74. The molecule has 1 fully saturated rings. The van der Waals surface area contributed by atoms with Crippen LogP contribution in [0.2, 0.25) is 0 Å². The van der Waals surface area contributed by atoms with Gasteiger partial charge in [0.15, 0.2) is 0 Å². The molecule has 186 valence electrons. The molecule has 6 heteroatoms. The topological polar surface area (TPSA) is 45.2 Å². The lowest BCUT2D eigenvalue weighted by molar-refractivity contribution is -0.135. The Kier molecular flexibility index (Phi) is 9.36. The van der Waals surface area contributed by atoms with Crippen LogP contribution in [0.15, 0.2) is 48.5 Å². The average Bonchev–Trinajstić information content (AvgIpc) is 3.23. The van der Waals surface area contributed by atoms with Gasteiger partial charge in [-0.3, -0.25) is 9.69 Å². The standard InChI is InChI=1S/C28H41N3O3/c1-21(2)28(32)31(15-16-33-5)19-23-18-30(17-22-11-13-24(14-12-22)29(3)4)20-26(23)25-9-7-8-10-27(25)34-6/h7-14,21,23,26H,15-20H2,1-6H3. The van der Waals surface area contributed by atoms with Crippen LogP contribution in [0.3, 0.4) is 0 Å². The van der Waals surface area contributed by atoms with E-state index in [0.717, 1.165) is 31.9 Å². The van der Waals surface area contributed by atoms with Crippen molar-refractivity contribution in [3.05, 3.63) is 59.7 Å². The van der Waals surface area contributed by atoms with E-state index in [9.17, 15) is 4.79 Å². The molecule has 1 heterocycles. The van der Waals surface area contributed by atoms with Crippen molar-refractivity contribution < 1.29 is 14.3 Å². The van der Waals surface area contributed by atoms with Crippen molar-refractivity contribution in [2.45, 2.75) is 26.3 Å². The summed E-state index contributed by atoms with van der Waals surface area (Å²) in [6.45, 7) is 8.60. The van der Waals surface area contributed by atoms with Crippen LogP contribution in [0.5, 0.6) is 5.75 Å². The molecule has 34 heavy (non-hydrogen) atoms. The second-order valence-electron chi connectivity index (χ2n) is 9.80. The maximum Gasteiger partial charge on any atom is 0.225 e. The van der Waals surface area contributed by atoms with E-state index >= 15 is 0 Å². The van der Waals surface area contributed by atoms with E-state index in [1.165, 1.54) is 16.8 Å². The van der Waals surface area contributed by atoms with Gasteiger partial charge in [-0.2, -0.15) is 0 Å². The van der Waals surface area contributed by atoms with Gasteiger partial charge >= 0.3 is 0 Å². The van der Waals surface area contributed by atoms with Gasteiger partial charge in [0.05, 0.1) is 13.7 Å². The Balaban J connectivity index is 1.83. The summed E-state index contributed by atoms with van der Waals surface area (Å²) in [5.41, 5.74) is 3.74. The molecule has 6 nitrogen and oxygen atoms in total. The number of rotatable bonds is 11. The van der Waals surface area contributed by atoms with Gasteiger partial charge in [-0.1, -0.05) is 44.2 Å². The number of carbonyl (C=O) groups excluding carboxylic acids is 1. The lowest BCUT2D eigenvalue weighted by Crippen LogP contribution is -2.41. The van der Waals surface area contributed by atoms with Gasteiger partial charge in [-0.05, 0) is 35.2 Å². The summed E-state index contributed by atoms with van der Waals surface area (Å²) in [6.07, 6.45) is 0. The number of likely N-dealkylation sites (tertiary alicyclic amines) is 1. The summed E-state index contributed by atoms with van der Waals surface area (Å²) in [5, 5.41) is 0. The minimum absolute atomic E-state index is 0.0331. The van der Waals surface area contributed by atoms with Gasteiger partial charge in [-0.25, -0.2) is 0 Å². The predicted octanol–water partition coefficient (Wildman–Crippen LogP) is 4.11. The maximum atomic E-state index is 13.0. The Hall–Kier alpha value is -2.57. The zero-order chi connectivity index (χ0) is 24.7. The average molecular weight is 468 g/mol. The predicted molar refractivity (Wildman–Crippen MR) is 139 cm³/mol. The highest BCUT2D eigenvalue weighted by Gasteiger charge is 2.37. The van der Waals surface area contributed by atoms with Crippen molar-refractivity contribution in [1.29, 1.82) is 0 Å². The number of carbonyl (C=O) groups is 1. The Bertz CT molecular complexity index is 913. The molecule has 1 saturated heterocycles. The van der Waals surface area contributed by atoms with Gasteiger partial charge in [0.1, 0.15) is 5.75 Å². The molecule has 0 radical (unpaired) electrons. The molecule has 0 aliphatic carbocycles. The largest absolute Gasteiger partial charge is 0.496 e. The molecule has 0 saturated carbocycles. The van der Waals surface area contributed by atoms with Crippen LogP contribution in [-0.2, 0) is 16.1 Å². The lowest BCUT2D eigenvalue weighted by atomic mass is 9.87. The second-order valence-corrected chi connectivity index (χ2v) is 9.80. The Morgan fingerprint density at radius 3 is 2.38 bits per heavy atom. The molecule has 0 bridgehead atoms. The van der Waals surface area contributed by atoms with Crippen molar-refractivity contribution in [2.75, 3.05) is 66.0 Å². The Morgan fingerprint density at radius 1 is 1.06 bits per heavy atom. The molecule has 1 aliphatic rings. The minimum Gasteiger partial charge on any atom is -0.496 e. The summed E-state index contributed by atoms with van der Waals surface area (Å²) in [7, 11) is 7.55. The molecule has 1 aliphatic heterocycles. The fraction of sp³-hybridized carbons (Fsp3) is 0.536. The quantitative estimate of drug-likeness (QED) is 0.498. The summed E-state index contributed by atoms with van der Waals surface area (Å²) in [4.78, 5) is 19.6. The first-order valence-corrected chi connectivity index (χ1v) is 12.2. The van der Waals surface area contributed by atoms with Crippen LogP contribution < -0.4 is 9.64 Å². The zero-order valence-corrected chi connectivity index (χ0v) is 21.7. The van der Waals surface area contributed by atoms with E-state index in [0.29, 0.717) is 25.0 Å². The van der Waals surface area contributed by atoms with Crippen molar-refractivity contribution >= 4 is 11.6 Å². The van der Waals surface area contributed by atoms with Crippen LogP contribution in [0.1, 0.15) is 30.9 Å². The first-order valence-electron chi connectivity index (χ1n) is 12.2. The van der Waals surface area contributed by atoms with E-state index < -0.39 is 0 Å². The molecular formula is C28H41N3O3. The number of hydrogen-bond donors (Lipinski definition) is 0. The van der Waals surface area contributed by atoms with Crippen LogP contribution in [0, 0.1) is 11.8 Å². The van der Waals surface area contributed by atoms with Crippen LogP contribution in [-0.4, -0.2) is 76.8 Å². The van der Waals surface area contributed by atoms with Gasteiger partial charge < -0.3 is 19.3 Å². The number of anilines is 1. The molecular weight excluding hydrogens is 426 g/mol. The zero-order valence-electron chi connectivity index (χ0n) is 21.7. The molecule has 0 aromatic heterocycles. The number of ether oxygens (including phenoxy) is 2. The van der Waals surface area contributed by atoms with Gasteiger partial charge in [0.2, 0.25) is 5.91 Å². The van der Waals surface area contributed by atoms with E-state index in [1.807, 2.05) is 30.9 Å². The number of para-hydroxylation sites is 1. The molecule has 1 amide bonds. The smallest absolute Gasteiger partial charge is 0.225 e. The molecule has 3 rings (SSSR count). The van der Waals surface area contributed by atoms with Crippen LogP contribution >= 0.6 is 0 Å². The first-order chi connectivity index (χ1) is 16.3. The van der Waals surface area contributed by atoms with Crippen molar-refractivity contribution in [2.24, 2.45) is 11.8 Å². The minimum atomic E-state index is -0.0331. The van der Waals surface area contributed by atoms with E-state index in [2.05, 4.69) is 60.3 Å². The van der Waals surface area contributed by atoms with Gasteiger partial charge in [0.25, 0.3) is 0 Å². The van der Waals surface area contributed by atoms with E-state index in [4.69, 9.17) is 9.47 Å². The van der Waals surface area contributed by atoms with Crippen molar-refractivity contribution in [1.82, 2.24) is 9.80 Å². The van der Waals surface area contributed by atoms with Gasteiger partial charge in [0, 0.05) is 71.5 Å². The van der Waals surface area contributed by atoms with Crippen LogP contribution in [0.4, 0.5) is 5.69 Å². The summed E-state index contributed by atoms with van der Waals surface area (Å²) in [6, 6.07) is 17.1. The highest BCUT2D eigenvalue weighted by molar-refractivity contribution is 5.78. The molecule has 2 aromatic rings. The molecule has 2 unspecified atom stereocenters. The summed E-state index contributed by atoms with van der Waals surface area (Å²) >= 11 is 0. The first kappa shape index (κ1) is 26.0. The normalized spacial score (nSPS) is 18.3. The Labute approximate surface area is 205 Å². The van der Waals surface area contributed by atoms with Crippen molar-refractivity contribution in [3.63, 3.8) is 0 Å².